The Balaban J connectivity index is 1.78. The van der Waals surface area contributed by atoms with Crippen molar-refractivity contribution in [1.29, 1.82) is 0 Å². The smallest absolute Gasteiger partial charge is 0.338 e. The standard InChI is InChI=1S/C19H19NO5/c1-2-24-19(23)15-8-10-16(11-9-15)25-18(22)13-20-17(21)12-14-6-4-3-5-7-14/h3-11H,2,12-13H2,1H3,(H,20,21). The van der Waals surface area contributed by atoms with Crippen LogP contribution in [0.3, 0.4) is 0 Å². The summed E-state index contributed by atoms with van der Waals surface area (Å²) < 4.78 is 9.97. The predicted octanol–water partition coefficient (Wildman–Crippen LogP) is 2.13. The number of nitrogens with one attached hydrogen (secondary N) is 1. The van der Waals surface area contributed by atoms with Crippen LogP contribution in [0.15, 0.2) is 54.6 Å². The summed E-state index contributed by atoms with van der Waals surface area (Å²) >= 11 is 0. The Labute approximate surface area is 145 Å². The van der Waals surface area contributed by atoms with Crippen LogP contribution < -0.4 is 10.1 Å². The Bertz CT molecular complexity index is 725. The van der Waals surface area contributed by atoms with E-state index in [2.05, 4.69) is 5.32 Å². The molecule has 0 aliphatic heterocycles. The lowest BCUT2D eigenvalue weighted by Gasteiger charge is -2.07. The zero-order chi connectivity index (χ0) is 18.1. The number of amides is 1. The van der Waals surface area contributed by atoms with Crippen molar-refractivity contribution in [1.82, 2.24) is 5.32 Å². The fraction of sp³-hybridized carbons (Fsp3) is 0.211. The van der Waals surface area contributed by atoms with Crippen LogP contribution in [0, 0.1) is 0 Å². The van der Waals surface area contributed by atoms with E-state index in [1.807, 2.05) is 30.3 Å². The van der Waals surface area contributed by atoms with Gasteiger partial charge in [0.05, 0.1) is 18.6 Å². The molecule has 2 aromatic carbocycles. The molecule has 0 spiro atoms. The molecule has 1 amide bonds. The van der Waals surface area contributed by atoms with Gasteiger partial charge in [-0.3, -0.25) is 4.79 Å². The van der Waals surface area contributed by atoms with Gasteiger partial charge in [-0.1, -0.05) is 30.3 Å². The van der Waals surface area contributed by atoms with Gasteiger partial charge in [0, 0.05) is 0 Å². The topological polar surface area (TPSA) is 81.7 Å². The Morgan fingerprint density at radius 3 is 2.28 bits per heavy atom. The predicted molar refractivity (Wildman–Crippen MR) is 91.2 cm³/mol. The molecule has 6 heteroatoms. The minimum absolute atomic E-state index is 0.197. The minimum atomic E-state index is -0.592. The molecule has 0 heterocycles. The summed E-state index contributed by atoms with van der Waals surface area (Å²) in [6.45, 7) is 1.78. The molecular formula is C19H19NO5. The molecule has 0 bridgehead atoms. The molecule has 130 valence electrons. The van der Waals surface area contributed by atoms with Crippen LogP contribution in [0.2, 0.25) is 0 Å². The number of hydrogen-bond acceptors (Lipinski definition) is 5. The Morgan fingerprint density at radius 1 is 0.960 bits per heavy atom. The molecule has 0 saturated carbocycles. The molecule has 0 radical (unpaired) electrons. The first kappa shape index (κ1) is 18.2. The highest BCUT2D eigenvalue weighted by Gasteiger charge is 2.10. The van der Waals surface area contributed by atoms with E-state index in [0.717, 1.165) is 5.56 Å². The zero-order valence-corrected chi connectivity index (χ0v) is 13.9. The van der Waals surface area contributed by atoms with Gasteiger partial charge in [-0.15, -0.1) is 0 Å². The molecular weight excluding hydrogens is 322 g/mol. The highest BCUT2D eigenvalue weighted by molar-refractivity contribution is 5.89. The van der Waals surface area contributed by atoms with Gasteiger partial charge in [0.2, 0.25) is 5.91 Å². The van der Waals surface area contributed by atoms with E-state index in [1.165, 1.54) is 24.3 Å². The number of rotatable bonds is 7. The second-order valence-electron chi connectivity index (χ2n) is 5.16. The van der Waals surface area contributed by atoms with Gasteiger partial charge in [-0.05, 0) is 36.8 Å². The summed E-state index contributed by atoms with van der Waals surface area (Å²) in [6, 6.07) is 15.2. The number of ether oxygens (including phenoxy) is 2. The normalized spacial score (nSPS) is 9.96. The first-order valence-corrected chi connectivity index (χ1v) is 7.87. The maximum Gasteiger partial charge on any atom is 0.338 e. The summed E-state index contributed by atoms with van der Waals surface area (Å²) in [4.78, 5) is 35.1. The fourth-order valence-corrected chi connectivity index (χ4v) is 2.06. The summed E-state index contributed by atoms with van der Waals surface area (Å²) in [5, 5.41) is 2.51. The average molecular weight is 341 g/mol. The van der Waals surface area contributed by atoms with Crippen molar-refractivity contribution >= 4 is 17.8 Å². The lowest BCUT2D eigenvalue weighted by molar-refractivity contribution is -0.135. The van der Waals surface area contributed by atoms with Gasteiger partial charge in [0.15, 0.2) is 0 Å². The largest absolute Gasteiger partial charge is 0.462 e. The van der Waals surface area contributed by atoms with Crippen LogP contribution in [-0.4, -0.2) is 31.0 Å². The first-order valence-electron chi connectivity index (χ1n) is 7.87. The number of carbonyl (C=O) groups is 3. The second kappa shape index (κ2) is 9.22. The molecule has 0 aliphatic rings. The van der Waals surface area contributed by atoms with Crippen LogP contribution in [0.5, 0.6) is 5.75 Å². The molecule has 1 N–H and O–H groups in total. The molecule has 25 heavy (non-hydrogen) atoms. The highest BCUT2D eigenvalue weighted by Crippen LogP contribution is 2.13. The van der Waals surface area contributed by atoms with Gasteiger partial charge >= 0.3 is 11.9 Å². The van der Waals surface area contributed by atoms with Gasteiger partial charge < -0.3 is 14.8 Å². The van der Waals surface area contributed by atoms with Crippen molar-refractivity contribution < 1.29 is 23.9 Å². The van der Waals surface area contributed by atoms with Gasteiger partial charge in [-0.25, -0.2) is 9.59 Å². The van der Waals surface area contributed by atoms with Crippen molar-refractivity contribution in [2.45, 2.75) is 13.3 Å². The third-order valence-corrected chi connectivity index (χ3v) is 3.23. The van der Waals surface area contributed by atoms with Crippen LogP contribution in [0.25, 0.3) is 0 Å². The van der Waals surface area contributed by atoms with E-state index in [0.29, 0.717) is 5.56 Å². The maximum absolute atomic E-state index is 11.8. The molecule has 0 aliphatic carbocycles. The molecule has 0 fully saturated rings. The summed E-state index contributed by atoms with van der Waals surface area (Å²) in [6.07, 6.45) is 0.197. The number of esters is 2. The maximum atomic E-state index is 11.8. The fourth-order valence-electron chi connectivity index (χ4n) is 2.06. The SMILES string of the molecule is CCOC(=O)c1ccc(OC(=O)CNC(=O)Cc2ccccc2)cc1. The molecule has 0 aromatic heterocycles. The van der Waals surface area contributed by atoms with Crippen molar-refractivity contribution in [2.24, 2.45) is 0 Å². The Kier molecular flexibility index (Phi) is 6.71. The van der Waals surface area contributed by atoms with Crippen molar-refractivity contribution in [3.8, 4) is 5.75 Å². The first-order chi connectivity index (χ1) is 12.1. The monoisotopic (exact) mass is 341 g/mol. The van der Waals surface area contributed by atoms with Crippen molar-refractivity contribution in [2.75, 3.05) is 13.2 Å². The van der Waals surface area contributed by atoms with E-state index in [9.17, 15) is 14.4 Å². The lowest BCUT2D eigenvalue weighted by Crippen LogP contribution is -2.32. The highest BCUT2D eigenvalue weighted by atomic mass is 16.5. The lowest BCUT2D eigenvalue weighted by atomic mass is 10.1. The zero-order valence-electron chi connectivity index (χ0n) is 13.9. The quantitative estimate of drug-likeness (QED) is 0.616. The molecule has 0 saturated heterocycles. The number of carbonyl (C=O) groups excluding carboxylic acids is 3. The van der Waals surface area contributed by atoms with Gasteiger partial charge in [0.1, 0.15) is 12.3 Å². The molecule has 2 rings (SSSR count). The summed E-state index contributed by atoms with van der Waals surface area (Å²) in [5.41, 5.74) is 1.24. The Hall–Kier alpha value is -3.15. The molecule has 6 nitrogen and oxygen atoms in total. The van der Waals surface area contributed by atoms with Crippen molar-refractivity contribution in [3.05, 3.63) is 65.7 Å². The third-order valence-electron chi connectivity index (χ3n) is 3.23. The van der Waals surface area contributed by atoms with E-state index < -0.39 is 11.9 Å². The van der Waals surface area contributed by atoms with E-state index in [4.69, 9.17) is 9.47 Å². The van der Waals surface area contributed by atoms with Crippen molar-refractivity contribution in [3.63, 3.8) is 0 Å². The number of hydrogen-bond donors (Lipinski definition) is 1. The van der Waals surface area contributed by atoms with Crippen LogP contribution in [0.1, 0.15) is 22.8 Å². The number of benzene rings is 2. The summed E-state index contributed by atoms with van der Waals surface area (Å²) in [7, 11) is 0. The van der Waals surface area contributed by atoms with E-state index in [1.54, 1.807) is 6.92 Å². The van der Waals surface area contributed by atoms with Gasteiger partial charge in [0.25, 0.3) is 0 Å². The third kappa shape index (κ3) is 6.10. The Morgan fingerprint density at radius 2 is 1.64 bits per heavy atom. The minimum Gasteiger partial charge on any atom is -0.462 e. The van der Waals surface area contributed by atoms with Gasteiger partial charge in [-0.2, -0.15) is 0 Å². The van der Waals surface area contributed by atoms with Crippen LogP contribution >= 0.6 is 0 Å². The molecule has 0 unspecified atom stereocenters. The average Bonchev–Trinajstić information content (AvgIpc) is 2.62. The van der Waals surface area contributed by atoms with Crippen LogP contribution in [-0.2, 0) is 20.7 Å². The summed E-state index contributed by atoms with van der Waals surface area (Å²) in [5.74, 6) is -1.00. The molecule has 2 aromatic rings. The second-order valence-corrected chi connectivity index (χ2v) is 5.16. The van der Waals surface area contributed by atoms with Crippen LogP contribution in [0.4, 0.5) is 0 Å². The van der Waals surface area contributed by atoms with E-state index >= 15 is 0 Å². The molecule has 0 atom stereocenters. The van der Waals surface area contributed by atoms with E-state index in [-0.39, 0.29) is 31.2 Å².